The summed E-state index contributed by atoms with van der Waals surface area (Å²) >= 11 is 0. The number of carboxylic acids is 1. The van der Waals surface area contributed by atoms with E-state index >= 15 is 0 Å². The molecule has 1 saturated heterocycles. The Balaban J connectivity index is 1.80. The van der Waals surface area contributed by atoms with Crippen molar-refractivity contribution in [3.63, 3.8) is 0 Å². The van der Waals surface area contributed by atoms with Gasteiger partial charge in [-0.15, -0.1) is 0 Å². The average Bonchev–Trinajstić information content (AvgIpc) is 3.16. The van der Waals surface area contributed by atoms with Crippen LogP contribution in [-0.2, 0) is 9.59 Å². The van der Waals surface area contributed by atoms with Crippen LogP contribution in [-0.4, -0.2) is 65.0 Å². The largest absolute Gasteiger partial charge is 0.481 e. The molecule has 1 saturated carbocycles. The van der Waals surface area contributed by atoms with E-state index in [1.54, 1.807) is 4.90 Å². The maximum atomic E-state index is 12.2. The van der Waals surface area contributed by atoms with Gasteiger partial charge in [-0.25, -0.2) is 0 Å². The lowest BCUT2D eigenvalue weighted by Crippen LogP contribution is -2.46. The predicted molar refractivity (Wildman–Crippen MR) is 70.6 cm³/mol. The van der Waals surface area contributed by atoms with Crippen molar-refractivity contribution in [3.05, 3.63) is 0 Å². The number of nitrogens with zero attached hydrogens (tertiary/aromatic N) is 2. The van der Waals surface area contributed by atoms with Gasteiger partial charge in [0.2, 0.25) is 5.91 Å². The van der Waals surface area contributed by atoms with Crippen LogP contribution in [0.1, 0.15) is 32.1 Å². The molecule has 6 heteroatoms. The van der Waals surface area contributed by atoms with Crippen LogP contribution in [0, 0.1) is 0 Å². The van der Waals surface area contributed by atoms with Crippen LogP contribution >= 0.6 is 0 Å². The van der Waals surface area contributed by atoms with Crippen molar-refractivity contribution in [1.82, 2.24) is 9.80 Å². The smallest absolute Gasteiger partial charge is 0.305 e. The third kappa shape index (κ3) is 4.47. The van der Waals surface area contributed by atoms with Crippen LogP contribution in [0.15, 0.2) is 0 Å². The van der Waals surface area contributed by atoms with Gasteiger partial charge in [0.25, 0.3) is 0 Å². The molecule has 108 valence electrons. The number of amides is 1. The number of likely N-dealkylation sites (tertiary alicyclic amines) is 1. The van der Waals surface area contributed by atoms with E-state index in [9.17, 15) is 9.59 Å². The Hall–Kier alpha value is -1.14. The highest BCUT2D eigenvalue weighted by molar-refractivity contribution is 5.79. The van der Waals surface area contributed by atoms with Crippen LogP contribution in [0.25, 0.3) is 0 Å². The normalized spacial score (nSPS) is 21.3. The Kier molecular flexibility index (Phi) is 4.76. The molecule has 0 radical (unpaired) electrons. The first-order valence-corrected chi connectivity index (χ1v) is 7.05. The van der Waals surface area contributed by atoms with Gasteiger partial charge in [0.15, 0.2) is 0 Å². The summed E-state index contributed by atoms with van der Waals surface area (Å²) in [6.45, 7) is 2.48. The molecule has 2 aliphatic rings. The van der Waals surface area contributed by atoms with Crippen molar-refractivity contribution in [2.45, 2.75) is 44.2 Å². The zero-order chi connectivity index (χ0) is 13.8. The Morgan fingerprint density at radius 2 is 1.84 bits per heavy atom. The Morgan fingerprint density at radius 3 is 2.37 bits per heavy atom. The van der Waals surface area contributed by atoms with E-state index in [2.05, 4.69) is 4.90 Å². The first-order valence-electron chi connectivity index (χ1n) is 7.05. The number of nitrogens with two attached hydrogens (primary N) is 1. The molecule has 1 aliphatic heterocycles. The third-order valence-corrected chi connectivity index (χ3v) is 3.87. The molecular formula is C13H23N3O3. The van der Waals surface area contributed by atoms with Crippen LogP contribution in [0.5, 0.6) is 0 Å². The van der Waals surface area contributed by atoms with Gasteiger partial charge in [-0.2, -0.15) is 0 Å². The molecule has 0 aromatic carbocycles. The second-order valence-corrected chi connectivity index (χ2v) is 5.58. The highest BCUT2D eigenvalue weighted by Gasteiger charge is 2.33. The molecular weight excluding hydrogens is 246 g/mol. The minimum atomic E-state index is -0.845. The quantitative estimate of drug-likeness (QED) is 0.701. The highest BCUT2D eigenvalue weighted by atomic mass is 16.4. The molecule has 1 heterocycles. The number of carbonyl (C=O) groups excluding carboxylic acids is 1. The molecule has 0 aromatic heterocycles. The number of piperidine rings is 1. The molecule has 0 spiro atoms. The number of carboxylic acid groups (broad SMARTS) is 1. The van der Waals surface area contributed by atoms with Gasteiger partial charge < -0.3 is 15.7 Å². The van der Waals surface area contributed by atoms with E-state index in [-0.39, 0.29) is 24.4 Å². The van der Waals surface area contributed by atoms with Crippen LogP contribution in [0.3, 0.4) is 0 Å². The van der Waals surface area contributed by atoms with Crippen molar-refractivity contribution >= 4 is 11.9 Å². The molecule has 2 fully saturated rings. The van der Waals surface area contributed by atoms with Gasteiger partial charge in [0.1, 0.15) is 0 Å². The number of hydrogen-bond acceptors (Lipinski definition) is 4. The Labute approximate surface area is 113 Å². The van der Waals surface area contributed by atoms with E-state index in [0.29, 0.717) is 13.1 Å². The summed E-state index contributed by atoms with van der Waals surface area (Å²) < 4.78 is 0. The third-order valence-electron chi connectivity index (χ3n) is 3.87. The van der Waals surface area contributed by atoms with Gasteiger partial charge in [-0.1, -0.05) is 0 Å². The zero-order valence-electron chi connectivity index (χ0n) is 11.3. The van der Waals surface area contributed by atoms with Gasteiger partial charge in [0.05, 0.1) is 13.0 Å². The monoisotopic (exact) mass is 269 g/mol. The lowest BCUT2D eigenvalue weighted by molar-refractivity contribution is -0.139. The van der Waals surface area contributed by atoms with Crippen LogP contribution in [0.4, 0.5) is 0 Å². The highest BCUT2D eigenvalue weighted by Crippen LogP contribution is 2.27. The summed E-state index contributed by atoms with van der Waals surface area (Å²) in [4.78, 5) is 26.8. The van der Waals surface area contributed by atoms with Crippen LogP contribution in [0.2, 0.25) is 0 Å². The lowest BCUT2D eigenvalue weighted by atomic mass is 10.1. The van der Waals surface area contributed by atoms with E-state index < -0.39 is 5.97 Å². The van der Waals surface area contributed by atoms with E-state index in [1.807, 2.05) is 0 Å². The van der Waals surface area contributed by atoms with E-state index in [1.165, 1.54) is 0 Å². The maximum Gasteiger partial charge on any atom is 0.305 e. The average molecular weight is 269 g/mol. The molecule has 6 nitrogen and oxygen atoms in total. The molecule has 2 rings (SSSR count). The number of aliphatic carboxylic acids is 1. The number of carbonyl (C=O) groups is 2. The van der Waals surface area contributed by atoms with E-state index in [0.717, 1.165) is 38.8 Å². The summed E-state index contributed by atoms with van der Waals surface area (Å²) in [5, 5.41) is 8.73. The van der Waals surface area contributed by atoms with Crippen molar-refractivity contribution in [2.24, 2.45) is 5.73 Å². The van der Waals surface area contributed by atoms with Crippen molar-refractivity contribution in [1.29, 1.82) is 0 Å². The first kappa shape index (κ1) is 14.3. The summed E-state index contributed by atoms with van der Waals surface area (Å²) in [6, 6.07) is 0.539. The summed E-state index contributed by atoms with van der Waals surface area (Å²) in [5.74, 6) is -0.776. The SMILES string of the molecule is NC1CCN(CC(=O)N(CCC(=O)O)C2CC2)CC1. The standard InChI is InChI=1S/C13H23N3O3/c14-10-3-6-15(7-4-10)9-12(17)16(11-1-2-11)8-5-13(18)19/h10-11H,1-9,14H2,(H,18,19). The molecule has 3 N–H and O–H groups in total. The second-order valence-electron chi connectivity index (χ2n) is 5.58. The molecule has 1 aliphatic carbocycles. The molecule has 0 unspecified atom stereocenters. The van der Waals surface area contributed by atoms with Crippen molar-refractivity contribution in [3.8, 4) is 0 Å². The van der Waals surface area contributed by atoms with Crippen molar-refractivity contribution < 1.29 is 14.7 Å². The Morgan fingerprint density at radius 1 is 1.21 bits per heavy atom. The molecule has 19 heavy (non-hydrogen) atoms. The van der Waals surface area contributed by atoms with Gasteiger partial charge >= 0.3 is 5.97 Å². The second kappa shape index (κ2) is 6.34. The maximum absolute atomic E-state index is 12.2. The zero-order valence-corrected chi connectivity index (χ0v) is 11.3. The van der Waals surface area contributed by atoms with Gasteiger partial charge in [-0.05, 0) is 25.7 Å². The molecule has 1 amide bonds. The number of rotatable bonds is 6. The minimum absolute atomic E-state index is 0.0348. The first-order chi connectivity index (χ1) is 9.06. The molecule has 0 atom stereocenters. The fourth-order valence-electron chi connectivity index (χ4n) is 2.51. The van der Waals surface area contributed by atoms with Gasteiger partial charge in [0, 0.05) is 31.7 Å². The summed E-state index contributed by atoms with van der Waals surface area (Å²) in [5.41, 5.74) is 5.84. The fourth-order valence-corrected chi connectivity index (χ4v) is 2.51. The molecule has 0 aromatic rings. The Bertz CT molecular complexity index is 336. The van der Waals surface area contributed by atoms with E-state index in [4.69, 9.17) is 10.8 Å². The van der Waals surface area contributed by atoms with Gasteiger partial charge in [-0.3, -0.25) is 14.5 Å². The summed E-state index contributed by atoms with van der Waals surface area (Å²) in [7, 11) is 0. The summed E-state index contributed by atoms with van der Waals surface area (Å²) in [6.07, 6.45) is 3.93. The lowest BCUT2D eigenvalue weighted by Gasteiger charge is -2.31. The van der Waals surface area contributed by atoms with Crippen LogP contribution < -0.4 is 5.73 Å². The minimum Gasteiger partial charge on any atom is -0.481 e. The predicted octanol–water partition coefficient (Wildman–Crippen LogP) is -0.125. The van der Waals surface area contributed by atoms with Crippen molar-refractivity contribution in [2.75, 3.05) is 26.2 Å². The fraction of sp³-hybridized carbons (Fsp3) is 0.846. The topological polar surface area (TPSA) is 86.9 Å². The molecule has 0 bridgehead atoms. The number of hydrogen-bond donors (Lipinski definition) is 2.